The highest BCUT2D eigenvalue weighted by Crippen LogP contribution is 2.20. The van der Waals surface area contributed by atoms with E-state index in [1.54, 1.807) is 17.0 Å². The molecule has 0 saturated carbocycles. The summed E-state index contributed by atoms with van der Waals surface area (Å²) in [7, 11) is 0. The van der Waals surface area contributed by atoms with E-state index in [2.05, 4.69) is 10.2 Å². The van der Waals surface area contributed by atoms with Gasteiger partial charge in [-0.05, 0) is 43.0 Å². The highest BCUT2D eigenvalue weighted by molar-refractivity contribution is 5.97. The molecule has 1 aromatic heterocycles. The summed E-state index contributed by atoms with van der Waals surface area (Å²) in [5, 5.41) is 13.6. The highest BCUT2D eigenvalue weighted by Gasteiger charge is 2.38. The average Bonchev–Trinajstić information content (AvgIpc) is 2.90. The quantitative estimate of drug-likeness (QED) is 0.540. The number of carboxylic acid groups (broad SMARTS) is 1. The van der Waals surface area contributed by atoms with Crippen molar-refractivity contribution in [1.29, 1.82) is 0 Å². The Bertz CT molecular complexity index is 1260. The van der Waals surface area contributed by atoms with E-state index >= 15 is 0 Å². The number of hydrogen-bond acceptors (Lipinski definition) is 6. The molecule has 2 fully saturated rings. The monoisotopic (exact) mass is 556 g/mol. The molecule has 212 valence electrons. The van der Waals surface area contributed by atoms with Gasteiger partial charge in [0.1, 0.15) is 12.4 Å². The number of ether oxygens (including phenoxy) is 1. The van der Waals surface area contributed by atoms with Gasteiger partial charge in [-0.3, -0.25) is 14.4 Å². The van der Waals surface area contributed by atoms with Crippen molar-refractivity contribution in [2.45, 2.75) is 44.8 Å². The maximum Gasteiger partial charge on any atom is 0.490 e. The smallest absolute Gasteiger partial charge is 0.475 e. The van der Waals surface area contributed by atoms with E-state index in [0.29, 0.717) is 56.0 Å². The molecule has 0 radical (unpaired) electrons. The molecule has 2 amide bonds. The van der Waals surface area contributed by atoms with Crippen LogP contribution < -0.4 is 5.56 Å². The predicted molar refractivity (Wildman–Crippen MR) is 129 cm³/mol. The van der Waals surface area contributed by atoms with Crippen molar-refractivity contribution in [3.8, 4) is 0 Å². The molecule has 39 heavy (non-hydrogen) atoms. The summed E-state index contributed by atoms with van der Waals surface area (Å²) in [4.78, 5) is 49.5. The molecule has 1 aromatic carbocycles. The summed E-state index contributed by atoms with van der Waals surface area (Å²) in [6.07, 6.45) is -2.35. The zero-order valence-electron chi connectivity index (χ0n) is 21.1. The van der Waals surface area contributed by atoms with E-state index in [9.17, 15) is 31.9 Å². The molecule has 14 heteroatoms. The number of rotatable bonds is 5. The summed E-state index contributed by atoms with van der Waals surface area (Å²) < 4.78 is 51.7. The van der Waals surface area contributed by atoms with Crippen molar-refractivity contribution in [1.82, 2.24) is 20.0 Å². The van der Waals surface area contributed by atoms with Gasteiger partial charge in [-0.25, -0.2) is 14.3 Å². The average molecular weight is 557 g/mol. The standard InChI is InChI=1S/C23H27FN4O4.C2HF3O2/c1-2-16-12-17(25-26-22(16)30)10-15-5-6-20(24)19(11-15)23(31)27-7-8-28(21(29)13-27)18-4-3-9-32-14-18;3-2(4,5)1(6)7/h5-6,11-12,18H,2-4,7-10,13-14H2,1H3,(H,26,30);(H,6,7). The summed E-state index contributed by atoms with van der Waals surface area (Å²) in [5.74, 6) is -4.02. The second-order valence-corrected chi connectivity index (χ2v) is 9.05. The van der Waals surface area contributed by atoms with Crippen LogP contribution in [-0.4, -0.2) is 88.0 Å². The van der Waals surface area contributed by atoms with Gasteiger partial charge >= 0.3 is 12.1 Å². The molecule has 2 saturated heterocycles. The van der Waals surface area contributed by atoms with Crippen molar-refractivity contribution < 1.29 is 41.8 Å². The number of carbonyl (C=O) groups is 3. The molecule has 2 aromatic rings. The Hall–Kier alpha value is -3.81. The van der Waals surface area contributed by atoms with Gasteiger partial charge in [0.2, 0.25) is 5.91 Å². The minimum atomic E-state index is -5.08. The predicted octanol–water partition coefficient (Wildman–Crippen LogP) is 2.16. The Labute approximate surface area is 220 Å². The molecular formula is C25H28F4N4O6. The number of aliphatic carboxylic acids is 1. The number of amides is 2. The fourth-order valence-corrected chi connectivity index (χ4v) is 4.29. The molecule has 2 N–H and O–H groups in total. The van der Waals surface area contributed by atoms with E-state index < -0.39 is 23.9 Å². The van der Waals surface area contributed by atoms with E-state index in [4.69, 9.17) is 14.6 Å². The van der Waals surface area contributed by atoms with Crippen molar-refractivity contribution in [3.63, 3.8) is 0 Å². The molecule has 4 rings (SSSR count). The zero-order valence-corrected chi connectivity index (χ0v) is 21.1. The molecule has 2 aliphatic rings. The van der Waals surface area contributed by atoms with Crippen LogP contribution in [0.15, 0.2) is 29.1 Å². The number of nitrogens with one attached hydrogen (secondary N) is 1. The third kappa shape index (κ3) is 7.85. The molecule has 0 bridgehead atoms. The minimum Gasteiger partial charge on any atom is -0.475 e. The number of benzene rings is 1. The van der Waals surface area contributed by atoms with Crippen LogP contribution in [0, 0.1) is 5.82 Å². The normalized spacial score (nSPS) is 17.9. The first-order chi connectivity index (χ1) is 18.4. The third-order valence-corrected chi connectivity index (χ3v) is 6.32. The SMILES string of the molecule is CCc1cc(Cc2ccc(F)c(C(=O)N3CCN(C4CCCOC4)C(=O)C3)c2)n[nH]c1=O.O=C(O)C(F)(F)F. The zero-order chi connectivity index (χ0) is 28.7. The number of hydrogen-bond donors (Lipinski definition) is 2. The molecule has 10 nitrogen and oxygen atoms in total. The largest absolute Gasteiger partial charge is 0.490 e. The van der Waals surface area contributed by atoms with Crippen molar-refractivity contribution in [3.05, 3.63) is 62.8 Å². The van der Waals surface area contributed by atoms with Gasteiger partial charge in [-0.1, -0.05) is 13.0 Å². The van der Waals surface area contributed by atoms with Crippen LogP contribution in [0.1, 0.15) is 46.9 Å². The van der Waals surface area contributed by atoms with Crippen LogP contribution >= 0.6 is 0 Å². The Morgan fingerprint density at radius 1 is 1.21 bits per heavy atom. The topological polar surface area (TPSA) is 133 Å². The summed E-state index contributed by atoms with van der Waals surface area (Å²) in [6, 6.07) is 6.12. The fourth-order valence-electron chi connectivity index (χ4n) is 4.29. The number of halogens is 4. The number of nitrogens with zero attached hydrogens (tertiary/aromatic N) is 3. The fraction of sp³-hybridized carbons (Fsp3) is 0.480. The molecule has 0 aliphatic carbocycles. The lowest BCUT2D eigenvalue weighted by molar-refractivity contribution is -0.192. The Kier molecular flexibility index (Phi) is 9.78. The lowest BCUT2D eigenvalue weighted by Gasteiger charge is -2.40. The van der Waals surface area contributed by atoms with E-state index in [1.165, 1.54) is 17.0 Å². The van der Waals surface area contributed by atoms with Crippen molar-refractivity contribution >= 4 is 17.8 Å². The minimum absolute atomic E-state index is 0.0476. The maximum atomic E-state index is 14.5. The summed E-state index contributed by atoms with van der Waals surface area (Å²) in [6.45, 7) is 3.82. The number of carbonyl (C=O) groups excluding carboxylic acids is 2. The van der Waals surface area contributed by atoms with E-state index in [0.717, 1.165) is 12.8 Å². The lowest BCUT2D eigenvalue weighted by atomic mass is 10.0. The van der Waals surface area contributed by atoms with E-state index in [-0.39, 0.29) is 29.6 Å². The van der Waals surface area contributed by atoms with Gasteiger partial charge in [-0.15, -0.1) is 0 Å². The van der Waals surface area contributed by atoms with Crippen LogP contribution in [0.2, 0.25) is 0 Å². The number of aryl methyl sites for hydroxylation is 1. The van der Waals surface area contributed by atoms with Crippen molar-refractivity contribution in [2.75, 3.05) is 32.8 Å². The molecule has 1 atom stereocenters. The highest BCUT2D eigenvalue weighted by atomic mass is 19.4. The van der Waals surface area contributed by atoms with Gasteiger partial charge in [0.15, 0.2) is 0 Å². The van der Waals surface area contributed by atoms with Crippen LogP contribution in [0.5, 0.6) is 0 Å². The molecule has 2 aliphatic heterocycles. The van der Waals surface area contributed by atoms with Gasteiger partial charge in [0.05, 0.1) is 23.9 Å². The first-order valence-corrected chi connectivity index (χ1v) is 12.2. The lowest BCUT2D eigenvalue weighted by Crippen LogP contribution is -2.57. The van der Waals surface area contributed by atoms with Crippen molar-refractivity contribution in [2.24, 2.45) is 0 Å². The van der Waals surface area contributed by atoms with Gasteiger partial charge < -0.3 is 19.6 Å². The first kappa shape index (κ1) is 29.7. The number of H-pyrrole nitrogens is 1. The number of carboxylic acids is 1. The molecular weight excluding hydrogens is 528 g/mol. The molecule has 3 heterocycles. The summed E-state index contributed by atoms with van der Waals surface area (Å²) >= 11 is 0. The third-order valence-electron chi connectivity index (χ3n) is 6.32. The number of alkyl halides is 3. The maximum absolute atomic E-state index is 14.5. The van der Waals surface area contributed by atoms with Gasteiger partial charge in [-0.2, -0.15) is 18.3 Å². The number of piperazine rings is 1. The first-order valence-electron chi connectivity index (χ1n) is 12.2. The molecule has 0 spiro atoms. The Morgan fingerprint density at radius 2 is 1.92 bits per heavy atom. The van der Waals surface area contributed by atoms with Gasteiger partial charge in [0.25, 0.3) is 11.5 Å². The van der Waals surface area contributed by atoms with Crippen LogP contribution in [0.4, 0.5) is 17.6 Å². The van der Waals surface area contributed by atoms with E-state index in [1.807, 2.05) is 6.92 Å². The van der Waals surface area contributed by atoms with Crippen LogP contribution in [0.25, 0.3) is 0 Å². The van der Waals surface area contributed by atoms with Crippen LogP contribution in [-0.2, 0) is 27.2 Å². The number of aromatic amines is 1. The molecule has 1 unspecified atom stereocenters. The second kappa shape index (κ2) is 12.8. The second-order valence-electron chi connectivity index (χ2n) is 9.05. The number of aromatic nitrogens is 2. The Balaban J connectivity index is 0.000000532. The Morgan fingerprint density at radius 3 is 2.51 bits per heavy atom. The van der Waals surface area contributed by atoms with Gasteiger partial charge in [0, 0.05) is 31.7 Å². The van der Waals surface area contributed by atoms with Crippen LogP contribution in [0.3, 0.4) is 0 Å². The summed E-state index contributed by atoms with van der Waals surface area (Å²) in [5.41, 5.74) is 1.65.